The Hall–Kier alpha value is -1.56. The standard InChI is InChI=1S/C12H22N4O2/c1-12(2,3)14-11(17)13-10-8-9(6-7-18-5)15-16(10)4/h8H,6-7H2,1-5H3,(H2,13,14,17). The maximum absolute atomic E-state index is 11.7. The van der Waals surface area contributed by atoms with E-state index in [0.717, 1.165) is 12.1 Å². The first-order valence-electron chi connectivity index (χ1n) is 5.93. The molecule has 0 spiro atoms. The summed E-state index contributed by atoms with van der Waals surface area (Å²) in [4.78, 5) is 11.7. The smallest absolute Gasteiger partial charge is 0.320 e. The van der Waals surface area contributed by atoms with E-state index in [1.807, 2.05) is 26.8 Å². The summed E-state index contributed by atoms with van der Waals surface area (Å²) in [6.45, 7) is 6.41. The molecule has 1 aromatic rings. The van der Waals surface area contributed by atoms with Gasteiger partial charge in [-0.05, 0) is 20.8 Å². The summed E-state index contributed by atoms with van der Waals surface area (Å²) >= 11 is 0. The van der Waals surface area contributed by atoms with Crippen LogP contribution in [0.5, 0.6) is 0 Å². The number of rotatable bonds is 4. The third-order valence-electron chi connectivity index (χ3n) is 2.22. The zero-order chi connectivity index (χ0) is 13.8. The van der Waals surface area contributed by atoms with Crippen LogP contribution in [0, 0.1) is 0 Å². The summed E-state index contributed by atoms with van der Waals surface area (Å²) in [5.74, 6) is 0.669. The molecule has 0 atom stereocenters. The summed E-state index contributed by atoms with van der Waals surface area (Å²) in [6, 6.07) is 1.62. The van der Waals surface area contributed by atoms with Crippen LogP contribution in [-0.4, -0.2) is 35.1 Å². The lowest BCUT2D eigenvalue weighted by Gasteiger charge is -2.20. The van der Waals surface area contributed by atoms with Crippen molar-refractivity contribution in [2.24, 2.45) is 7.05 Å². The average Bonchev–Trinajstić information content (AvgIpc) is 2.53. The summed E-state index contributed by atoms with van der Waals surface area (Å²) in [7, 11) is 3.45. The van der Waals surface area contributed by atoms with E-state index in [9.17, 15) is 4.79 Å². The molecule has 0 aliphatic rings. The molecule has 102 valence electrons. The van der Waals surface area contributed by atoms with E-state index in [1.165, 1.54) is 0 Å². The van der Waals surface area contributed by atoms with E-state index in [2.05, 4.69) is 15.7 Å². The van der Waals surface area contributed by atoms with E-state index in [1.54, 1.807) is 18.8 Å². The Bertz CT molecular complexity index is 407. The third kappa shape index (κ3) is 4.75. The molecule has 2 amide bonds. The number of urea groups is 1. The zero-order valence-corrected chi connectivity index (χ0v) is 11.7. The van der Waals surface area contributed by atoms with Crippen LogP contribution < -0.4 is 10.6 Å². The number of hydrogen-bond acceptors (Lipinski definition) is 3. The predicted molar refractivity (Wildman–Crippen MR) is 70.7 cm³/mol. The van der Waals surface area contributed by atoms with Crippen molar-refractivity contribution in [3.63, 3.8) is 0 Å². The molecular formula is C12H22N4O2. The fraction of sp³-hybridized carbons (Fsp3) is 0.667. The molecule has 6 heteroatoms. The first-order chi connectivity index (χ1) is 8.31. The van der Waals surface area contributed by atoms with Crippen LogP contribution in [-0.2, 0) is 18.2 Å². The number of methoxy groups -OCH3 is 1. The number of hydrogen-bond donors (Lipinski definition) is 2. The van der Waals surface area contributed by atoms with E-state index < -0.39 is 0 Å². The number of amides is 2. The molecule has 18 heavy (non-hydrogen) atoms. The van der Waals surface area contributed by atoms with Crippen LogP contribution in [0.2, 0.25) is 0 Å². The first kappa shape index (κ1) is 14.5. The number of anilines is 1. The Morgan fingerprint density at radius 2 is 2.17 bits per heavy atom. The van der Waals surface area contributed by atoms with Crippen molar-refractivity contribution in [1.82, 2.24) is 15.1 Å². The average molecular weight is 254 g/mol. The quantitative estimate of drug-likeness (QED) is 0.856. The number of nitrogens with zero attached hydrogens (tertiary/aromatic N) is 2. The van der Waals surface area contributed by atoms with Crippen LogP contribution in [0.15, 0.2) is 6.07 Å². The normalized spacial score (nSPS) is 11.4. The number of aryl methyl sites for hydroxylation is 1. The van der Waals surface area contributed by atoms with Crippen LogP contribution in [0.4, 0.5) is 10.6 Å². The van der Waals surface area contributed by atoms with Gasteiger partial charge in [0, 0.05) is 32.2 Å². The Morgan fingerprint density at radius 3 is 2.72 bits per heavy atom. The van der Waals surface area contributed by atoms with Gasteiger partial charge in [-0.1, -0.05) is 0 Å². The third-order valence-corrected chi connectivity index (χ3v) is 2.22. The number of ether oxygens (including phenoxy) is 1. The van der Waals surface area contributed by atoms with E-state index in [-0.39, 0.29) is 11.6 Å². The molecule has 0 aliphatic heterocycles. The molecule has 0 saturated carbocycles. The summed E-state index contributed by atoms with van der Waals surface area (Å²) < 4.78 is 6.64. The highest BCUT2D eigenvalue weighted by Gasteiger charge is 2.15. The van der Waals surface area contributed by atoms with Gasteiger partial charge >= 0.3 is 6.03 Å². The molecule has 0 radical (unpaired) electrons. The van der Waals surface area contributed by atoms with Gasteiger partial charge < -0.3 is 10.1 Å². The lowest BCUT2D eigenvalue weighted by atomic mass is 10.1. The molecule has 0 aliphatic carbocycles. The SMILES string of the molecule is COCCc1cc(NC(=O)NC(C)(C)C)n(C)n1. The second-order valence-electron chi connectivity index (χ2n) is 5.22. The molecule has 0 bridgehead atoms. The number of nitrogens with one attached hydrogen (secondary N) is 2. The maximum Gasteiger partial charge on any atom is 0.320 e. The van der Waals surface area contributed by atoms with Crippen LogP contribution >= 0.6 is 0 Å². The number of aromatic nitrogens is 2. The summed E-state index contributed by atoms with van der Waals surface area (Å²) in [6.07, 6.45) is 0.729. The van der Waals surface area contributed by atoms with Gasteiger partial charge in [0.2, 0.25) is 0 Å². The molecule has 2 N–H and O–H groups in total. The van der Waals surface area contributed by atoms with Crippen molar-refractivity contribution in [2.75, 3.05) is 19.0 Å². The number of carbonyl (C=O) groups excluding carboxylic acids is 1. The van der Waals surface area contributed by atoms with Gasteiger partial charge in [0.25, 0.3) is 0 Å². The van der Waals surface area contributed by atoms with E-state index >= 15 is 0 Å². The molecule has 0 aromatic carbocycles. The lowest BCUT2D eigenvalue weighted by molar-refractivity contribution is 0.201. The Kier molecular flexibility index (Phi) is 4.72. The Balaban J connectivity index is 2.61. The molecule has 0 fully saturated rings. The second kappa shape index (κ2) is 5.86. The van der Waals surface area contributed by atoms with Crippen molar-refractivity contribution < 1.29 is 9.53 Å². The molecule has 1 heterocycles. The van der Waals surface area contributed by atoms with Gasteiger partial charge in [-0.3, -0.25) is 10.00 Å². The highest BCUT2D eigenvalue weighted by atomic mass is 16.5. The highest BCUT2D eigenvalue weighted by Crippen LogP contribution is 2.10. The summed E-state index contributed by atoms with van der Waals surface area (Å²) in [5, 5.41) is 9.90. The zero-order valence-electron chi connectivity index (χ0n) is 11.7. The highest BCUT2D eigenvalue weighted by molar-refractivity contribution is 5.88. The van der Waals surface area contributed by atoms with Crippen molar-refractivity contribution in [2.45, 2.75) is 32.7 Å². The fourth-order valence-electron chi connectivity index (χ4n) is 1.46. The van der Waals surface area contributed by atoms with Crippen molar-refractivity contribution in [3.8, 4) is 0 Å². The molecule has 0 unspecified atom stereocenters. The van der Waals surface area contributed by atoms with Crippen molar-refractivity contribution in [1.29, 1.82) is 0 Å². The van der Waals surface area contributed by atoms with Gasteiger partial charge in [0.1, 0.15) is 5.82 Å². The van der Waals surface area contributed by atoms with Gasteiger partial charge in [-0.2, -0.15) is 5.10 Å². The van der Waals surface area contributed by atoms with E-state index in [0.29, 0.717) is 12.4 Å². The molecule has 6 nitrogen and oxygen atoms in total. The predicted octanol–water partition coefficient (Wildman–Crippen LogP) is 1.53. The maximum atomic E-state index is 11.7. The minimum atomic E-state index is -0.262. The topological polar surface area (TPSA) is 68.2 Å². The lowest BCUT2D eigenvalue weighted by Crippen LogP contribution is -2.43. The Labute approximate surface area is 108 Å². The monoisotopic (exact) mass is 254 g/mol. The minimum absolute atomic E-state index is 0.233. The van der Waals surface area contributed by atoms with Gasteiger partial charge in [0.05, 0.1) is 12.3 Å². The largest absolute Gasteiger partial charge is 0.384 e. The van der Waals surface area contributed by atoms with Gasteiger partial charge in [0.15, 0.2) is 0 Å². The van der Waals surface area contributed by atoms with Crippen molar-refractivity contribution in [3.05, 3.63) is 11.8 Å². The molecule has 1 aromatic heterocycles. The van der Waals surface area contributed by atoms with Gasteiger partial charge in [-0.25, -0.2) is 4.79 Å². The second-order valence-corrected chi connectivity index (χ2v) is 5.22. The van der Waals surface area contributed by atoms with Crippen LogP contribution in [0.3, 0.4) is 0 Å². The van der Waals surface area contributed by atoms with Crippen molar-refractivity contribution >= 4 is 11.8 Å². The van der Waals surface area contributed by atoms with Crippen LogP contribution in [0.1, 0.15) is 26.5 Å². The molecular weight excluding hydrogens is 232 g/mol. The molecule has 0 saturated heterocycles. The van der Waals surface area contributed by atoms with Gasteiger partial charge in [-0.15, -0.1) is 0 Å². The minimum Gasteiger partial charge on any atom is -0.384 e. The fourth-order valence-corrected chi connectivity index (χ4v) is 1.46. The summed E-state index contributed by atoms with van der Waals surface area (Å²) in [5.41, 5.74) is 0.632. The first-order valence-corrected chi connectivity index (χ1v) is 5.93. The molecule has 1 rings (SSSR count). The van der Waals surface area contributed by atoms with E-state index in [4.69, 9.17) is 4.74 Å². The number of carbonyl (C=O) groups is 1. The van der Waals surface area contributed by atoms with Crippen LogP contribution in [0.25, 0.3) is 0 Å². The Morgan fingerprint density at radius 1 is 1.50 bits per heavy atom.